The summed E-state index contributed by atoms with van der Waals surface area (Å²) >= 11 is 0. The fraction of sp³-hybridized carbons (Fsp3) is 0.154. The van der Waals surface area contributed by atoms with Crippen LogP contribution in [0, 0.1) is 0 Å². The normalized spacial score (nSPS) is 10.0. The molecule has 0 unspecified atom stereocenters. The highest BCUT2D eigenvalue weighted by Crippen LogP contribution is 2.22. The Hall–Kier alpha value is -2.63. The van der Waals surface area contributed by atoms with Gasteiger partial charge in [-0.15, -0.1) is 0 Å². The monoisotopic (exact) mass is 257 g/mol. The van der Waals surface area contributed by atoms with Crippen LogP contribution in [0.5, 0.6) is 0 Å². The summed E-state index contributed by atoms with van der Waals surface area (Å²) in [7, 11) is 3.78. The largest absolute Gasteiger partial charge is 0.397 e. The Kier molecular flexibility index (Phi) is 3.61. The Morgan fingerprint density at radius 1 is 1.26 bits per heavy atom. The number of anilines is 3. The Balaban J connectivity index is 2.18. The smallest absolute Gasteiger partial charge is 0.258 e. The van der Waals surface area contributed by atoms with E-state index in [1.165, 1.54) is 0 Å². The van der Waals surface area contributed by atoms with Crippen molar-refractivity contribution in [2.45, 2.75) is 0 Å². The zero-order chi connectivity index (χ0) is 13.8. The lowest BCUT2D eigenvalue weighted by molar-refractivity contribution is 0.102. The number of benzene rings is 1. The van der Waals surface area contributed by atoms with E-state index in [1.807, 2.05) is 19.0 Å². The molecule has 0 atom stereocenters. The quantitative estimate of drug-likeness (QED) is 0.811. The van der Waals surface area contributed by atoms with Crippen LogP contribution in [-0.4, -0.2) is 30.0 Å². The molecule has 1 heterocycles. The van der Waals surface area contributed by atoms with Gasteiger partial charge in [-0.05, 0) is 24.3 Å². The summed E-state index contributed by atoms with van der Waals surface area (Å²) in [6.45, 7) is 0. The molecule has 2 rings (SSSR count). The summed E-state index contributed by atoms with van der Waals surface area (Å²) in [5, 5.41) is 2.60. The summed E-state index contributed by atoms with van der Waals surface area (Å²) in [6.07, 6.45) is 3.12. The third-order valence-corrected chi connectivity index (χ3v) is 2.56. The minimum Gasteiger partial charge on any atom is -0.397 e. The minimum atomic E-state index is -0.289. The molecule has 0 spiro atoms. The van der Waals surface area contributed by atoms with Gasteiger partial charge in [-0.25, -0.2) is 9.97 Å². The molecule has 1 aromatic carbocycles. The summed E-state index contributed by atoms with van der Waals surface area (Å²) < 4.78 is 0. The standard InChI is InChI=1S/C13H15N5O/c1-18(2)11-5-4-9(8-10(11)14)12(19)17-13-15-6-3-7-16-13/h3-8H,14H2,1-2H3,(H,15,16,17,19). The van der Waals surface area contributed by atoms with Crippen molar-refractivity contribution in [1.29, 1.82) is 0 Å². The zero-order valence-corrected chi connectivity index (χ0v) is 10.8. The number of carbonyl (C=O) groups excluding carboxylic acids is 1. The van der Waals surface area contributed by atoms with Crippen molar-refractivity contribution < 1.29 is 4.79 Å². The molecule has 0 radical (unpaired) electrons. The van der Waals surface area contributed by atoms with Crippen LogP contribution in [0.25, 0.3) is 0 Å². The first-order valence-electron chi connectivity index (χ1n) is 5.73. The predicted octanol–water partition coefficient (Wildman–Crippen LogP) is 1.38. The molecule has 19 heavy (non-hydrogen) atoms. The number of carbonyl (C=O) groups is 1. The summed E-state index contributed by atoms with van der Waals surface area (Å²) in [4.78, 5) is 21.7. The van der Waals surface area contributed by atoms with Gasteiger partial charge in [0.05, 0.1) is 11.4 Å². The third-order valence-electron chi connectivity index (χ3n) is 2.56. The Morgan fingerprint density at radius 2 is 1.95 bits per heavy atom. The van der Waals surface area contributed by atoms with Gasteiger partial charge in [0.15, 0.2) is 0 Å². The van der Waals surface area contributed by atoms with Crippen molar-refractivity contribution in [2.75, 3.05) is 30.0 Å². The SMILES string of the molecule is CN(C)c1ccc(C(=O)Nc2ncccn2)cc1N. The molecule has 0 bridgehead atoms. The third kappa shape index (κ3) is 2.98. The van der Waals surface area contributed by atoms with Crippen LogP contribution in [0.4, 0.5) is 17.3 Å². The number of nitrogens with two attached hydrogens (primary N) is 1. The van der Waals surface area contributed by atoms with E-state index < -0.39 is 0 Å². The molecule has 2 aromatic rings. The van der Waals surface area contributed by atoms with Crippen molar-refractivity contribution in [2.24, 2.45) is 0 Å². The first-order chi connectivity index (χ1) is 9.08. The van der Waals surface area contributed by atoms with E-state index in [1.54, 1.807) is 36.7 Å². The molecule has 0 aliphatic carbocycles. The Bertz CT molecular complexity index is 583. The highest BCUT2D eigenvalue weighted by Gasteiger charge is 2.10. The van der Waals surface area contributed by atoms with Crippen LogP contribution >= 0.6 is 0 Å². The lowest BCUT2D eigenvalue weighted by Gasteiger charge is -2.15. The van der Waals surface area contributed by atoms with Crippen LogP contribution in [-0.2, 0) is 0 Å². The van der Waals surface area contributed by atoms with Crippen LogP contribution in [0.1, 0.15) is 10.4 Å². The fourth-order valence-corrected chi connectivity index (χ4v) is 1.64. The number of nitrogens with one attached hydrogen (secondary N) is 1. The first kappa shape index (κ1) is 12.8. The average Bonchev–Trinajstić information content (AvgIpc) is 2.39. The maximum absolute atomic E-state index is 12.0. The molecule has 3 N–H and O–H groups in total. The van der Waals surface area contributed by atoms with E-state index in [0.717, 1.165) is 5.69 Å². The van der Waals surface area contributed by atoms with Gasteiger partial charge in [-0.2, -0.15) is 0 Å². The summed E-state index contributed by atoms with van der Waals surface area (Å²) in [5.74, 6) is -0.0223. The van der Waals surface area contributed by atoms with Gasteiger partial charge in [0.1, 0.15) is 0 Å². The van der Waals surface area contributed by atoms with Crippen molar-refractivity contribution in [3.63, 3.8) is 0 Å². The average molecular weight is 257 g/mol. The van der Waals surface area contributed by atoms with E-state index in [0.29, 0.717) is 11.3 Å². The lowest BCUT2D eigenvalue weighted by atomic mass is 10.1. The van der Waals surface area contributed by atoms with E-state index in [4.69, 9.17) is 5.73 Å². The molecule has 0 saturated heterocycles. The van der Waals surface area contributed by atoms with Crippen molar-refractivity contribution in [3.05, 3.63) is 42.2 Å². The molecule has 0 fully saturated rings. The molecule has 6 nitrogen and oxygen atoms in total. The summed E-state index contributed by atoms with van der Waals surface area (Å²) in [6, 6.07) is 6.83. The highest BCUT2D eigenvalue weighted by molar-refractivity contribution is 6.04. The molecular weight excluding hydrogens is 242 g/mol. The number of nitrogen functional groups attached to an aromatic ring is 1. The first-order valence-corrected chi connectivity index (χ1v) is 5.73. The fourth-order valence-electron chi connectivity index (χ4n) is 1.64. The summed E-state index contributed by atoms with van der Waals surface area (Å²) in [5.41, 5.74) is 7.78. The van der Waals surface area contributed by atoms with Gasteiger partial charge in [0.2, 0.25) is 5.95 Å². The predicted molar refractivity (Wildman–Crippen MR) is 75.2 cm³/mol. The number of amides is 1. The maximum atomic E-state index is 12.0. The molecule has 0 saturated carbocycles. The van der Waals surface area contributed by atoms with Crippen molar-refractivity contribution in [3.8, 4) is 0 Å². The number of hydrogen-bond acceptors (Lipinski definition) is 5. The van der Waals surface area contributed by atoms with Gasteiger partial charge >= 0.3 is 0 Å². The van der Waals surface area contributed by atoms with Crippen LogP contribution in [0.15, 0.2) is 36.7 Å². The molecule has 98 valence electrons. The highest BCUT2D eigenvalue weighted by atomic mass is 16.1. The Morgan fingerprint density at radius 3 is 2.53 bits per heavy atom. The van der Waals surface area contributed by atoms with Crippen molar-refractivity contribution >= 4 is 23.2 Å². The van der Waals surface area contributed by atoms with Gasteiger partial charge < -0.3 is 10.6 Å². The van der Waals surface area contributed by atoms with Gasteiger partial charge in [0, 0.05) is 32.1 Å². The van der Waals surface area contributed by atoms with E-state index in [9.17, 15) is 4.79 Å². The number of aromatic nitrogens is 2. The van der Waals surface area contributed by atoms with Gasteiger partial charge in [0.25, 0.3) is 5.91 Å². The van der Waals surface area contributed by atoms with Crippen LogP contribution < -0.4 is 16.0 Å². The number of hydrogen-bond donors (Lipinski definition) is 2. The van der Waals surface area contributed by atoms with Gasteiger partial charge in [-0.3, -0.25) is 10.1 Å². The Labute approximate surface area is 111 Å². The van der Waals surface area contributed by atoms with Gasteiger partial charge in [-0.1, -0.05) is 0 Å². The number of nitrogens with zero attached hydrogens (tertiary/aromatic N) is 3. The molecule has 0 aliphatic heterocycles. The lowest BCUT2D eigenvalue weighted by Crippen LogP contribution is -2.16. The van der Waals surface area contributed by atoms with E-state index >= 15 is 0 Å². The van der Waals surface area contributed by atoms with E-state index in [2.05, 4.69) is 15.3 Å². The molecule has 0 aliphatic rings. The topological polar surface area (TPSA) is 84.1 Å². The van der Waals surface area contributed by atoms with E-state index in [-0.39, 0.29) is 11.9 Å². The molecule has 1 amide bonds. The second-order valence-corrected chi connectivity index (χ2v) is 4.19. The maximum Gasteiger partial charge on any atom is 0.258 e. The minimum absolute atomic E-state index is 0.266. The molecular formula is C13H15N5O. The number of rotatable bonds is 3. The zero-order valence-electron chi connectivity index (χ0n) is 10.8. The second kappa shape index (κ2) is 5.34. The second-order valence-electron chi connectivity index (χ2n) is 4.19. The molecule has 6 heteroatoms. The van der Waals surface area contributed by atoms with Crippen LogP contribution in [0.3, 0.4) is 0 Å². The van der Waals surface area contributed by atoms with Crippen molar-refractivity contribution in [1.82, 2.24) is 9.97 Å². The molecule has 1 aromatic heterocycles. The van der Waals surface area contributed by atoms with Crippen LogP contribution in [0.2, 0.25) is 0 Å².